The van der Waals surface area contributed by atoms with Gasteiger partial charge < -0.3 is 10.2 Å². The number of likely N-dealkylation sites (N-methyl/N-ethyl adjacent to an activating group) is 1. The highest BCUT2D eigenvalue weighted by Gasteiger charge is 2.21. The summed E-state index contributed by atoms with van der Waals surface area (Å²) >= 11 is 0. The summed E-state index contributed by atoms with van der Waals surface area (Å²) in [6.07, 6.45) is 2.03. The number of halogens is 1. The molecule has 0 amide bonds. The van der Waals surface area contributed by atoms with Crippen molar-refractivity contribution in [2.24, 2.45) is 0 Å². The molecule has 1 N–H and O–H groups in total. The van der Waals surface area contributed by atoms with Crippen LogP contribution < -0.4 is 5.32 Å². The number of nitro benzene ring substituents is 1. The molecule has 5 nitrogen and oxygen atoms in total. The Morgan fingerprint density at radius 3 is 3.00 bits per heavy atom. The molecular formula is C12H16FN3O2. The molecule has 1 aromatic rings. The van der Waals surface area contributed by atoms with Gasteiger partial charge in [0.15, 0.2) is 0 Å². The Hall–Kier alpha value is -1.69. The van der Waals surface area contributed by atoms with Crippen molar-refractivity contribution in [3.05, 3.63) is 34.1 Å². The van der Waals surface area contributed by atoms with Crippen molar-refractivity contribution in [1.82, 2.24) is 4.90 Å². The third-order valence-electron chi connectivity index (χ3n) is 3.14. The van der Waals surface area contributed by atoms with Gasteiger partial charge in [0.1, 0.15) is 11.5 Å². The van der Waals surface area contributed by atoms with Gasteiger partial charge in [-0.3, -0.25) is 10.1 Å². The van der Waals surface area contributed by atoms with Crippen LogP contribution in [0.3, 0.4) is 0 Å². The minimum Gasteiger partial charge on any atom is -0.375 e. The summed E-state index contributed by atoms with van der Waals surface area (Å²) in [5, 5.41) is 14.0. The number of nitrogens with zero attached hydrogens (tertiary/aromatic N) is 2. The highest BCUT2D eigenvalue weighted by Crippen LogP contribution is 2.26. The quantitative estimate of drug-likeness (QED) is 0.663. The van der Waals surface area contributed by atoms with E-state index < -0.39 is 10.7 Å². The number of benzene rings is 1. The molecule has 1 aliphatic heterocycles. The van der Waals surface area contributed by atoms with Gasteiger partial charge in [0.25, 0.3) is 5.69 Å². The first kappa shape index (κ1) is 12.8. The van der Waals surface area contributed by atoms with Crippen molar-refractivity contribution in [2.75, 3.05) is 25.5 Å². The van der Waals surface area contributed by atoms with Crippen molar-refractivity contribution in [3.63, 3.8) is 0 Å². The van der Waals surface area contributed by atoms with E-state index in [4.69, 9.17) is 0 Å². The third kappa shape index (κ3) is 2.95. The predicted molar refractivity (Wildman–Crippen MR) is 67.2 cm³/mol. The molecule has 98 valence electrons. The molecule has 2 rings (SSSR count). The minimum atomic E-state index is -0.590. The molecule has 1 unspecified atom stereocenters. The zero-order chi connectivity index (χ0) is 13.1. The van der Waals surface area contributed by atoms with E-state index in [0.717, 1.165) is 32.0 Å². The molecule has 0 saturated carbocycles. The highest BCUT2D eigenvalue weighted by molar-refractivity contribution is 5.61. The maximum absolute atomic E-state index is 13.0. The Labute approximate surface area is 105 Å². The van der Waals surface area contributed by atoms with Gasteiger partial charge in [-0.1, -0.05) is 0 Å². The lowest BCUT2D eigenvalue weighted by molar-refractivity contribution is -0.384. The Balaban J connectivity index is 2.15. The van der Waals surface area contributed by atoms with Crippen molar-refractivity contribution in [2.45, 2.75) is 18.9 Å². The Morgan fingerprint density at radius 1 is 1.56 bits per heavy atom. The topological polar surface area (TPSA) is 58.4 Å². The molecule has 1 aromatic carbocycles. The molecule has 0 aromatic heterocycles. The van der Waals surface area contributed by atoms with Gasteiger partial charge in [0, 0.05) is 12.6 Å². The molecule has 0 bridgehead atoms. The van der Waals surface area contributed by atoms with Crippen LogP contribution in [0, 0.1) is 15.9 Å². The number of hydrogen-bond acceptors (Lipinski definition) is 4. The summed E-state index contributed by atoms with van der Waals surface area (Å²) in [6.45, 7) is 1.89. The second-order valence-electron chi connectivity index (χ2n) is 4.66. The number of piperidine rings is 1. The summed E-state index contributed by atoms with van der Waals surface area (Å²) in [5.74, 6) is -0.590. The predicted octanol–water partition coefficient (Wildman–Crippen LogP) is 2.24. The van der Waals surface area contributed by atoms with Crippen LogP contribution in [0.15, 0.2) is 18.2 Å². The van der Waals surface area contributed by atoms with Crippen LogP contribution >= 0.6 is 0 Å². The van der Waals surface area contributed by atoms with Crippen molar-refractivity contribution in [1.29, 1.82) is 0 Å². The first-order valence-corrected chi connectivity index (χ1v) is 5.95. The normalized spacial score (nSPS) is 20.7. The van der Waals surface area contributed by atoms with Gasteiger partial charge in [0.2, 0.25) is 0 Å². The lowest BCUT2D eigenvalue weighted by Crippen LogP contribution is -2.39. The fourth-order valence-electron chi connectivity index (χ4n) is 2.28. The Bertz CT molecular complexity index is 453. The number of likely N-dealkylation sites (tertiary alicyclic amines) is 1. The second kappa shape index (κ2) is 5.30. The van der Waals surface area contributed by atoms with Gasteiger partial charge >= 0.3 is 0 Å². The average molecular weight is 253 g/mol. The van der Waals surface area contributed by atoms with Crippen LogP contribution in [0.25, 0.3) is 0 Å². The number of nitro groups is 1. The molecule has 1 aliphatic rings. The molecule has 1 fully saturated rings. The minimum absolute atomic E-state index is 0.174. The smallest absolute Gasteiger partial charge is 0.295 e. The molecule has 6 heteroatoms. The molecule has 1 heterocycles. The lowest BCUT2D eigenvalue weighted by Gasteiger charge is -2.30. The van der Waals surface area contributed by atoms with E-state index in [1.165, 1.54) is 12.1 Å². The zero-order valence-corrected chi connectivity index (χ0v) is 10.2. The van der Waals surface area contributed by atoms with E-state index in [9.17, 15) is 14.5 Å². The fourth-order valence-corrected chi connectivity index (χ4v) is 2.28. The molecule has 18 heavy (non-hydrogen) atoms. The van der Waals surface area contributed by atoms with E-state index in [-0.39, 0.29) is 11.7 Å². The van der Waals surface area contributed by atoms with Gasteiger partial charge in [-0.2, -0.15) is 0 Å². The number of hydrogen-bond donors (Lipinski definition) is 1. The monoisotopic (exact) mass is 253 g/mol. The van der Waals surface area contributed by atoms with Gasteiger partial charge in [-0.05, 0) is 38.6 Å². The number of rotatable bonds is 3. The molecule has 0 radical (unpaired) electrons. The van der Waals surface area contributed by atoms with Crippen LogP contribution in [-0.4, -0.2) is 36.0 Å². The summed E-state index contributed by atoms with van der Waals surface area (Å²) in [6, 6.07) is 3.80. The fraction of sp³-hybridized carbons (Fsp3) is 0.500. The summed E-state index contributed by atoms with van der Waals surface area (Å²) in [4.78, 5) is 12.5. The second-order valence-corrected chi connectivity index (χ2v) is 4.66. The maximum Gasteiger partial charge on any atom is 0.295 e. The van der Waals surface area contributed by atoms with Crippen molar-refractivity contribution < 1.29 is 9.31 Å². The average Bonchev–Trinajstić information content (AvgIpc) is 2.31. The molecule has 1 saturated heterocycles. The molecule has 1 atom stereocenters. The number of anilines is 1. The van der Waals surface area contributed by atoms with E-state index in [2.05, 4.69) is 10.2 Å². The first-order chi connectivity index (χ1) is 8.56. The lowest BCUT2D eigenvalue weighted by atomic mass is 10.1. The van der Waals surface area contributed by atoms with E-state index in [1.807, 2.05) is 7.05 Å². The first-order valence-electron chi connectivity index (χ1n) is 5.95. The molecule has 0 spiro atoms. The van der Waals surface area contributed by atoms with Gasteiger partial charge in [-0.15, -0.1) is 0 Å². The summed E-state index contributed by atoms with van der Waals surface area (Å²) in [5.41, 5.74) is 0.185. The van der Waals surface area contributed by atoms with Gasteiger partial charge in [0.05, 0.1) is 11.0 Å². The molecular weight excluding hydrogens is 237 g/mol. The highest BCUT2D eigenvalue weighted by atomic mass is 19.1. The van der Waals surface area contributed by atoms with Crippen molar-refractivity contribution >= 4 is 11.4 Å². The Kier molecular flexibility index (Phi) is 3.76. The van der Waals surface area contributed by atoms with Crippen LogP contribution in [0.4, 0.5) is 15.8 Å². The molecule has 0 aliphatic carbocycles. The SMILES string of the molecule is CN1CCCC(Nc2ccc(F)cc2[N+](=O)[O-])C1. The van der Waals surface area contributed by atoms with E-state index in [1.54, 1.807) is 0 Å². The third-order valence-corrected chi connectivity index (χ3v) is 3.14. The maximum atomic E-state index is 13.0. The van der Waals surface area contributed by atoms with Crippen molar-refractivity contribution in [3.8, 4) is 0 Å². The van der Waals surface area contributed by atoms with Crippen LogP contribution in [0.2, 0.25) is 0 Å². The largest absolute Gasteiger partial charge is 0.375 e. The summed E-state index contributed by atoms with van der Waals surface area (Å²) in [7, 11) is 2.02. The summed E-state index contributed by atoms with van der Waals surface area (Å²) < 4.78 is 13.0. The van der Waals surface area contributed by atoms with Crippen LogP contribution in [0.5, 0.6) is 0 Å². The van der Waals surface area contributed by atoms with E-state index in [0.29, 0.717) is 5.69 Å². The van der Waals surface area contributed by atoms with Crippen LogP contribution in [0.1, 0.15) is 12.8 Å². The number of nitrogens with one attached hydrogen (secondary N) is 1. The van der Waals surface area contributed by atoms with Crippen LogP contribution in [-0.2, 0) is 0 Å². The standard InChI is InChI=1S/C12H16FN3O2/c1-15-6-2-3-10(8-15)14-11-5-4-9(13)7-12(11)16(17)18/h4-5,7,10,14H,2-3,6,8H2,1H3. The van der Waals surface area contributed by atoms with E-state index >= 15 is 0 Å². The Morgan fingerprint density at radius 2 is 2.33 bits per heavy atom. The zero-order valence-electron chi connectivity index (χ0n) is 10.2. The van der Waals surface area contributed by atoms with Gasteiger partial charge in [-0.25, -0.2) is 4.39 Å².